The molecule has 0 aliphatic carbocycles. The number of aromatic amines is 1. The van der Waals surface area contributed by atoms with Crippen LogP contribution in [0.5, 0.6) is 0 Å². The Hall–Kier alpha value is -3.42. The summed E-state index contributed by atoms with van der Waals surface area (Å²) < 4.78 is 5.15. The van der Waals surface area contributed by atoms with Gasteiger partial charge in [0.2, 0.25) is 11.6 Å². The molecule has 2 aromatic heterocycles. The number of allylic oxidation sites excluding steroid dienone is 1. The van der Waals surface area contributed by atoms with E-state index in [1.54, 1.807) is 12.1 Å². The number of nitrogens with two attached hydrogens (primary N) is 1. The van der Waals surface area contributed by atoms with E-state index in [4.69, 9.17) is 10.2 Å². The summed E-state index contributed by atoms with van der Waals surface area (Å²) in [7, 11) is 0. The third-order valence-electron chi connectivity index (χ3n) is 3.23. The third kappa shape index (κ3) is 3.26. The van der Waals surface area contributed by atoms with Crippen molar-refractivity contribution in [3.05, 3.63) is 65.4 Å². The van der Waals surface area contributed by atoms with Crippen LogP contribution in [0.4, 0.5) is 5.69 Å². The fraction of sp³-hybridized carbons (Fsp3) is 0.0667. The number of H-pyrrole nitrogens is 1. The monoisotopic (exact) mass is 311 g/mol. The van der Waals surface area contributed by atoms with Gasteiger partial charge in [0.25, 0.3) is 0 Å². The van der Waals surface area contributed by atoms with Gasteiger partial charge in [-0.3, -0.25) is 4.79 Å². The normalized spacial score (nSPS) is 11.6. The lowest BCUT2D eigenvalue weighted by Gasteiger charge is -2.03. The number of aliphatic hydroxyl groups is 1. The van der Waals surface area contributed by atoms with Crippen LogP contribution in [-0.2, 0) is 6.42 Å². The summed E-state index contributed by atoms with van der Waals surface area (Å²) in [4.78, 5) is 11.9. The van der Waals surface area contributed by atoms with Crippen molar-refractivity contribution in [2.24, 2.45) is 0 Å². The number of aliphatic hydroxyl groups excluding tert-OH is 1. The van der Waals surface area contributed by atoms with Crippen LogP contribution in [-0.4, -0.2) is 31.5 Å². The number of tetrazole rings is 1. The number of carbonyl (C=O) groups excluding carboxylic acids is 1. The number of nitrogens with one attached hydrogen (secondary N) is 1. The summed E-state index contributed by atoms with van der Waals surface area (Å²) in [6.45, 7) is 0. The van der Waals surface area contributed by atoms with E-state index in [0.717, 1.165) is 17.2 Å². The quantitative estimate of drug-likeness (QED) is 0.283. The molecular formula is C15H13N5O3. The number of rotatable bonds is 5. The van der Waals surface area contributed by atoms with Gasteiger partial charge in [0.15, 0.2) is 0 Å². The van der Waals surface area contributed by atoms with Crippen LogP contribution in [0.3, 0.4) is 0 Å². The van der Waals surface area contributed by atoms with E-state index in [0.29, 0.717) is 17.7 Å². The van der Waals surface area contributed by atoms with Crippen molar-refractivity contribution in [3.8, 4) is 0 Å². The topological polar surface area (TPSA) is 131 Å². The lowest BCUT2D eigenvalue weighted by Crippen LogP contribution is -2.00. The van der Waals surface area contributed by atoms with E-state index in [-0.39, 0.29) is 11.6 Å². The Kier molecular flexibility index (Phi) is 3.88. The number of anilines is 1. The lowest BCUT2D eigenvalue weighted by molar-refractivity contribution is 0.103. The van der Waals surface area contributed by atoms with E-state index < -0.39 is 5.78 Å². The second-order valence-electron chi connectivity index (χ2n) is 4.86. The smallest absolute Gasteiger partial charge is 0.244 e. The Morgan fingerprint density at radius 1 is 1.30 bits per heavy atom. The van der Waals surface area contributed by atoms with Gasteiger partial charge in [0, 0.05) is 23.7 Å². The van der Waals surface area contributed by atoms with Crippen molar-refractivity contribution in [2.75, 3.05) is 5.73 Å². The summed E-state index contributed by atoms with van der Waals surface area (Å²) in [5.41, 5.74) is 8.50. The largest absolute Gasteiger partial charge is 0.507 e. The third-order valence-corrected chi connectivity index (χ3v) is 3.23. The van der Waals surface area contributed by atoms with Gasteiger partial charge < -0.3 is 15.3 Å². The second-order valence-corrected chi connectivity index (χ2v) is 4.86. The van der Waals surface area contributed by atoms with E-state index in [2.05, 4.69) is 20.6 Å². The van der Waals surface area contributed by atoms with Gasteiger partial charge in [-0.15, -0.1) is 10.2 Å². The predicted molar refractivity (Wildman–Crippen MR) is 81.5 cm³/mol. The average molecular weight is 311 g/mol. The maximum atomic E-state index is 11.9. The number of furan rings is 1. The number of aromatic nitrogens is 4. The molecule has 0 saturated carbocycles. The Balaban J connectivity index is 1.82. The molecule has 0 unspecified atom stereocenters. The minimum Gasteiger partial charge on any atom is -0.507 e. The van der Waals surface area contributed by atoms with Crippen LogP contribution in [0.15, 0.2) is 47.3 Å². The molecule has 0 saturated heterocycles. The first-order valence-electron chi connectivity index (χ1n) is 6.72. The van der Waals surface area contributed by atoms with Gasteiger partial charge in [-0.25, -0.2) is 0 Å². The fourth-order valence-corrected chi connectivity index (χ4v) is 2.07. The number of carbonyl (C=O) groups is 1. The van der Waals surface area contributed by atoms with Gasteiger partial charge in [-0.1, -0.05) is 12.1 Å². The first-order chi connectivity index (χ1) is 11.1. The summed E-state index contributed by atoms with van der Waals surface area (Å²) in [5, 5.41) is 22.8. The summed E-state index contributed by atoms with van der Waals surface area (Å²) in [6, 6.07) is 7.36. The molecule has 3 rings (SSSR count). The van der Waals surface area contributed by atoms with Crippen LogP contribution in [0.1, 0.15) is 27.3 Å². The highest BCUT2D eigenvalue weighted by Gasteiger charge is 2.14. The number of benzene rings is 1. The van der Waals surface area contributed by atoms with Gasteiger partial charge in [0.05, 0.1) is 11.8 Å². The molecular weight excluding hydrogens is 298 g/mol. The zero-order valence-corrected chi connectivity index (χ0v) is 11.9. The van der Waals surface area contributed by atoms with Gasteiger partial charge in [-0.05, 0) is 22.9 Å². The van der Waals surface area contributed by atoms with Crippen LogP contribution >= 0.6 is 0 Å². The molecule has 8 heteroatoms. The van der Waals surface area contributed by atoms with Crippen molar-refractivity contribution in [2.45, 2.75) is 6.42 Å². The van der Waals surface area contributed by atoms with Crippen LogP contribution in [0.25, 0.3) is 5.76 Å². The zero-order valence-electron chi connectivity index (χ0n) is 11.9. The van der Waals surface area contributed by atoms with Crippen molar-refractivity contribution in [1.82, 2.24) is 20.6 Å². The number of nitrogens with zero attached hydrogens (tertiary/aromatic N) is 3. The van der Waals surface area contributed by atoms with Crippen LogP contribution in [0, 0.1) is 0 Å². The number of nitrogen functional groups attached to an aromatic ring is 1. The minimum absolute atomic E-state index is 0.125. The number of ketones is 1. The second kappa shape index (κ2) is 6.14. The zero-order chi connectivity index (χ0) is 16.2. The van der Waals surface area contributed by atoms with Crippen molar-refractivity contribution < 1.29 is 14.3 Å². The van der Waals surface area contributed by atoms with E-state index in [1.165, 1.54) is 12.5 Å². The first-order valence-corrected chi connectivity index (χ1v) is 6.72. The van der Waals surface area contributed by atoms with E-state index in [1.807, 2.05) is 12.1 Å². The molecule has 0 fully saturated rings. The van der Waals surface area contributed by atoms with Crippen LogP contribution in [0.2, 0.25) is 0 Å². The van der Waals surface area contributed by atoms with Crippen molar-refractivity contribution in [1.29, 1.82) is 0 Å². The van der Waals surface area contributed by atoms with E-state index >= 15 is 0 Å². The lowest BCUT2D eigenvalue weighted by atomic mass is 10.0. The van der Waals surface area contributed by atoms with Crippen molar-refractivity contribution >= 4 is 17.2 Å². The molecule has 8 nitrogen and oxygen atoms in total. The molecule has 0 aliphatic heterocycles. The number of hydrogen-bond acceptors (Lipinski definition) is 7. The minimum atomic E-state index is -0.559. The first kappa shape index (κ1) is 14.5. The summed E-state index contributed by atoms with van der Waals surface area (Å²) in [5.74, 6) is -0.907. The average Bonchev–Trinajstić information content (AvgIpc) is 3.20. The fourth-order valence-electron chi connectivity index (χ4n) is 2.07. The molecule has 2 heterocycles. The molecule has 0 radical (unpaired) electrons. The Labute approximate surface area is 130 Å². The molecule has 4 N–H and O–H groups in total. The molecule has 0 atom stereocenters. The van der Waals surface area contributed by atoms with Gasteiger partial charge in [0.1, 0.15) is 12.0 Å². The highest BCUT2D eigenvalue weighted by atomic mass is 16.3. The van der Waals surface area contributed by atoms with E-state index in [9.17, 15) is 9.90 Å². The van der Waals surface area contributed by atoms with Crippen molar-refractivity contribution in [3.63, 3.8) is 0 Å². The van der Waals surface area contributed by atoms with Crippen LogP contribution < -0.4 is 5.73 Å². The Bertz CT molecular complexity index is 834. The maximum absolute atomic E-state index is 11.9. The summed E-state index contributed by atoms with van der Waals surface area (Å²) in [6.07, 6.45) is 4.46. The molecule has 3 aromatic rings. The van der Waals surface area contributed by atoms with Gasteiger partial charge >= 0.3 is 0 Å². The molecule has 116 valence electrons. The summed E-state index contributed by atoms with van der Waals surface area (Å²) >= 11 is 0. The Morgan fingerprint density at radius 3 is 2.78 bits per heavy atom. The molecule has 23 heavy (non-hydrogen) atoms. The number of hydrogen-bond donors (Lipinski definition) is 3. The molecule has 0 spiro atoms. The van der Waals surface area contributed by atoms with Gasteiger partial charge in [-0.2, -0.15) is 5.21 Å². The highest BCUT2D eigenvalue weighted by molar-refractivity contribution is 6.05. The molecule has 0 amide bonds. The highest BCUT2D eigenvalue weighted by Crippen LogP contribution is 2.22. The molecule has 0 aliphatic rings. The Morgan fingerprint density at radius 2 is 2.09 bits per heavy atom. The maximum Gasteiger partial charge on any atom is 0.244 e. The molecule has 0 bridgehead atoms. The SMILES string of the molecule is Nc1ccc(Cc2cocc2C(O)=CC(=O)c2nn[nH]n2)cc1. The molecule has 1 aromatic carbocycles. The predicted octanol–water partition coefficient (Wildman–Crippen LogP) is 1.75. The standard InChI is InChI=1S/C15H13N5O3/c16-11-3-1-9(2-4-11)5-10-7-23-8-12(10)13(21)6-14(22)15-17-19-20-18-15/h1-4,6-8,21H,5,16H2,(H,17,18,19,20).